The number of anilines is 2. The Morgan fingerprint density at radius 3 is 2.88 bits per heavy atom. The molecule has 3 aromatic heterocycles. The molecule has 5 aromatic rings. The van der Waals surface area contributed by atoms with E-state index in [2.05, 4.69) is 25.5 Å². The molecule has 7 heteroatoms. The average molecular weight is 362 g/mol. The summed E-state index contributed by atoms with van der Waals surface area (Å²) in [4.78, 5) is 9.23. The number of benzene rings is 2. The van der Waals surface area contributed by atoms with Gasteiger partial charge in [-0.2, -0.15) is 5.10 Å². The number of nitrogens with one attached hydrogen (secondary N) is 2. The largest absolute Gasteiger partial charge is 0.461 e. The molecule has 5 rings (SSSR count). The lowest BCUT2D eigenvalue weighted by atomic mass is 10.2. The molecular formula is C19H12ClN5O. The van der Waals surface area contributed by atoms with Gasteiger partial charge >= 0.3 is 0 Å². The Kier molecular flexibility index (Phi) is 3.36. The first-order valence-corrected chi connectivity index (χ1v) is 8.35. The smallest absolute Gasteiger partial charge is 0.198 e. The summed E-state index contributed by atoms with van der Waals surface area (Å²) in [6.45, 7) is 0. The second-order valence-electron chi connectivity index (χ2n) is 5.83. The number of furan rings is 1. The van der Waals surface area contributed by atoms with Gasteiger partial charge in [0.15, 0.2) is 11.6 Å². The topological polar surface area (TPSA) is 79.6 Å². The van der Waals surface area contributed by atoms with Crippen molar-refractivity contribution in [3.8, 4) is 11.6 Å². The number of rotatable bonds is 3. The molecular weight excluding hydrogens is 350 g/mol. The van der Waals surface area contributed by atoms with Crippen molar-refractivity contribution in [1.82, 2.24) is 20.2 Å². The number of aromatic nitrogens is 4. The monoisotopic (exact) mass is 361 g/mol. The predicted octanol–water partition coefficient (Wildman–Crippen LogP) is 5.16. The van der Waals surface area contributed by atoms with Crippen LogP contribution in [0.25, 0.3) is 33.4 Å². The Bertz CT molecular complexity index is 1230. The van der Waals surface area contributed by atoms with Gasteiger partial charge in [-0.25, -0.2) is 9.97 Å². The molecule has 0 bridgehead atoms. The van der Waals surface area contributed by atoms with Crippen LogP contribution < -0.4 is 5.32 Å². The molecule has 0 saturated heterocycles. The molecule has 126 valence electrons. The number of hydrogen-bond acceptors (Lipinski definition) is 5. The minimum atomic E-state index is 0.497. The molecule has 0 radical (unpaired) electrons. The first-order valence-electron chi connectivity index (χ1n) is 7.98. The zero-order valence-corrected chi connectivity index (χ0v) is 14.2. The minimum Gasteiger partial charge on any atom is -0.461 e. The van der Waals surface area contributed by atoms with E-state index in [-0.39, 0.29) is 0 Å². The summed E-state index contributed by atoms with van der Waals surface area (Å²) in [5.74, 6) is 1.78. The standard InChI is InChI=1S/C19H12ClN5O/c20-12-3-5-14-16(9-12)23-19(17-2-1-7-26-17)24-18(14)22-13-4-6-15-11(8-13)10-21-25-15/h1-10H,(H,21,25)(H,22,23,24). The molecule has 0 atom stereocenters. The van der Waals surface area contributed by atoms with Gasteiger partial charge in [-0.1, -0.05) is 11.6 Å². The Labute approximate surface area is 152 Å². The molecule has 2 aromatic carbocycles. The van der Waals surface area contributed by atoms with Crippen LogP contribution in [0.2, 0.25) is 5.02 Å². The third-order valence-electron chi connectivity index (χ3n) is 4.10. The van der Waals surface area contributed by atoms with Crippen LogP contribution in [0.3, 0.4) is 0 Å². The maximum atomic E-state index is 6.15. The van der Waals surface area contributed by atoms with E-state index in [1.165, 1.54) is 0 Å². The van der Waals surface area contributed by atoms with Gasteiger partial charge in [-0.05, 0) is 48.5 Å². The van der Waals surface area contributed by atoms with Crippen molar-refractivity contribution in [3.63, 3.8) is 0 Å². The lowest BCUT2D eigenvalue weighted by Crippen LogP contribution is -1.99. The predicted molar refractivity (Wildman–Crippen MR) is 102 cm³/mol. The van der Waals surface area contributed by atoms with Crippen molar-refractivity contribution < 1.29 is 4.42 Å². The Hall–Kier alpha value is -3.38. The van der Waals surface area contributed by atoms with E-state index in [9.17, 15) is 0 Å². The third-order valence-corrected chi connectivity index (χ3v) is 4.34. The van der Waals surface area contributed by atoms with Gasteiger partial charge < -0.3 is 9.73 Å². The summed E-state index contributed by atoms with van der Waals surface area (Å²) < 4.78 is 5.45. The van der Waals surface area contributed by atoms with Gasteiger partial charge in [0.05, 0.1) is 23.5 Å². The Morgan fingerprint density at radius 2 is 2.00 bits per heavy atom. The fourth-order valence-corrected chi connectivity index (χ4v) is 3.04. The van der Waals surface area contributed by atoms with Crippen molar-refractivity contribution in [3.05, 3.63) is 66.0 Å². The van der Waals surface area contributed by atoms with Crippen LogP contribution in [0.4, 0.5) is 11.5 Å². The number of halogens is 1. The highest BCUT2D eigenvalue weighted by atomic mass is 35.5. The molecule has 3 heterocycles. The quantitative estimate of drug-likeness (QED) is 0.463. The van der Waals surface area contributed by atoms with Crippen LogP contribution in [0, 0.1) is 0 Å². The molecule has 0 aliphatic carbocycles. The van der Waals surface area contributed by atoms with Crippen LogP contribution >= 0.6 is 11.6 Å². The van der Waals surface area contributed by atoms with Gasteiger partial charge in [0.1, 0.15) is 5.82 Å². The summed E-state index contributed by atoms with van der Waals surface area (Å²) in [5, 5.41) is 12.9. The highest BCUT2D eigenvalue weighted by molar-refractivity contribution is 6.31. The molecule has 0 unspecified atom stereocenters. The van der Waals surface area contributed by atoms with Crippen molar-refractivity contribution in [1.29, 1.82) is 0 Å². The van der Waals surface area contributed by atoms with Crippen LogP contribution in [0.1, 0.15) is 0 Å². The van der Waals surface area contributed by atoms with E-state index in [1.54, 1.807) is 18.5 Å². The van der Waals surface area contributed by atoms with Crippen molar-refractivity contribution in [2.75, 3.05) is 5.32 Å². The Morgan fingerprint density at radius 1 is 1.04 bits per heavy atom. The van der Waals surface area contributed by atoms with E-state index in [1.807, 2.05) is 42.5 Å². The molecule has 26 heavy (non-hydrogen) atoms. The van der Waals surface area contributed by atoms with E-state index in [4.69, 9.17) is 16.0 Å². The molecule has 0 aliphatic heterocycles. The number of nitrogens with zero attached hydrogens (tertiary/aromatic N) is 3. The van der Waals surface area contributed by atoms with Crippen LogP contribution in [-0.2, 0) is 0 Å². The number of H-pyrrole nitrogens is 1. The molecule has 0 fully saturated rings. The molecule has 0 amide bonds. The molecule has 0 aliphatic rings. The van der Waals surface area contributed by atoms with E-state index in [0.717, 1.165) is 27.5 Å². The summed E-state index contributed by atoms with van der Waals surface area (Å²) in [6.07, 6.45) is 3.38. The third kappa shape index (κ3) is 2.57. The van der Waals surface area contributed by atoms with Crippen molar-refractivity contribution in [2.24, 2.45) is 0 Å². The zero-order chi connectivity index (χ0) is 17.5. The zero-order valence-electron chi connectivity index (χ0n) is 13.4. The molecule has 6 nitrogen and oxygen atoms in total. The summed E-state index contributed by atoms with van der Waals surface area (Å²) in [6, 6.07) is 15.1. The summed E-state index contributed by atoms with van der Waals surface area (Å²) >= 11 is 6.15. The van der Waals surface area contributed by atoms with Gasteiger partial charge in [0.25, 0.3) is 0 Å². The number of aromatic amines is 1. The van der Waals surface area contributed by atoms with Crippen LogP contribution in [0.5, 0.6) is 0 Å². The summed E-state index contributed by atoms with van der Waals surface area (Å²) in [5.41, 5.74) is 2.62. The normalized spacial score (nSPS) is 11.3. The maximum Gasteiger partial charge on any atom is 0.198 e. The lowest BCUT2D eigenvalue weighted by molar-refractivity contribution is 0.577. The van der Waals surface area contributed by atoms with Gasteiger partial charge in [-0.3, -0.25) is 5.10 Å². The van der Waals surface area contributed by atoms with Gasteiger partial charge in [0, 0.05) is 21.5 Å². The van der Waals surface area contributed by atoms with Gasteiger partial charge in [-0.15, -0.1) is 0 Å². The lowest BCUT2D eigenvalue weighted by Gasteiger charge is -2.10. The number of hydrogen-bond donors (Lipinski definition) is 2. The maximum absolute atomic E-state index is 6.15. The van der Waals surface area contributed by atoms with Crippen molar-refractivity contribution in [2.45, 2.75) is 0 Å². The van der Waals surface area contributed by atoms with Crippen LogP contribution in [0.15, 0.2) is 65.4 Å². The van der Waals surface area contributed by atoms with E-state index < -0.39 is 0 Å². The molecule has 2 N–H and O–H groups in total. The van der Waals surface area contributed by atoms with E-state index in [0.29, 0.717) is 22.4 Å². The first kappa shape index (κ1) is 14.9. The SMILES string of the molecule is Clc1ccc2c(Nc3ccc4[nH]ncc4c3)nc(-c3ccco3)nc2c1. The number of fused-ring (bicyclic) bond motifs is 2. The highest BCUT2D eigenvalue weighted by Crippen LogP contribution is 2.30. The van der Waals surface area contributed by atoms with Gasteiger partial charge in [0.2, 0.25) is 0 Å². The molecule has 0 spiro atoms. The molecule has 0 saturated carbocycles. The second-order valence-corrected chi connectivity index (χ2v) is 6.27. The van der Waals surface area contributed by atoms with Crippen molar-refractivity contribution >= 4 is 44.9 Å². The van der Waals surface area contributed by atoms with E-state index >= 15 is 0 Å². The average Bonchev–Trinajstić information content (AvgIpc) is 3.32. The fraction of sp³-hybridized carbons (Fsp3) is 0. The van der Waals surface area contributed by atoms with Crippen LogP contribution in [-0.4, -0.2) is 20.2 Å². The summed E-state index contributed by atoms with van der Waals surface area (Å²) in [7, 11) is 0. The first-order chi connectivity index (χ1) is 12.8. The fourth-order valence-electron chi connectivity index (χ4n) is 2.87. The minimum absolute atomic E-state index is 0.497. The highest BCUT2D eigenvalue weighted by Gasteiger charge is 2.12. The Balaban J connectivity index is 1.67. The second kappa shape index (κ2) is 5.86.